The number of rotatable bonds is 2. The lowest BCUT2D eigenvalue weighted by atomic mass is 9.84. The van der Waals surface area contributed by atoms with Gasteiger partial charge < -0.3 is 15.1 Å². The summed E-state index contributed by atoms with van der Waals surface area (Å²) >= 11 is 0. The van der Waals surface area contributed by atoms with Crippen LogP contribution >= 0.6 is 0 Å². The number of benzene rings is 1. The molecule has 5 aliphatic heterocycles. The van der Waals surface area contributed by atoms with E-state index in [9.17, 15) is 0 Å². The van der Waals surface area contributed by atoms with Gasteiger partial charge in [-0.25, -0.2) is 18.7 Å². The van der Waals surface area contributed by atoms with Crippen molar-refractivity contribution >= 4 is 17.7 Å². The number of halogens is 2. The first kappa shape index (κ1) is 32.8. The molecule has 0 amide bonds. The Morgan fingerprint density at radius 1 is 0.978 bits per heavy atom. The molecular formula is C38H52F2N6. The molecule has 8 bridgehead atoms. The van der Waals surface area contributed by atoms with E-state index in [1.54, 1.807) is 18.2 Å². The number of nitrogens with zero attached hydrogens (tertiary/aromatic N) is 5. The summed E-state index contributed by atoms with van der Waals surface area (Å²) in [7, 11) is 0. The van der Waals surface area contributed by atoms with Crippen LogP contribution in [0.1, 0.15) is 94.3 Å². The molecule has 1 aromatic heterocycles. The molecule has 8 heteroatoms. The molecular weight excluding hydrogens is 578 g/mol. The van der Waals surface area contributed by atoms with Crippen molar-refractivity contribution in [1.82, 2.24) is 19.8 Å². The van der Waals surface area contributed by atoms with Gasteiger partial charge in [-0.1, -0.05) is 36.9 Å². The summed E-state index contributed by atoms with van der Waals surface area (Å²) in [6.07, 6.45) is 13.1. The second-order valence-electron chi connectivity index (χ2n) is 14.1. The summed E-state index contributed by atoms with van der Waals surface area (Å²) in [6.45, 7) is 18.4. The molecule has 46 heavy (non-hydrogen) atoms. The van der Waals surface area contributed by atoms with E-state index in [-0.39, 0.29) is 11.6 Å². The maximum absolute atomic E-state index is 15.9. The lowest BCUT2D eigenvalue weighted by Crippen LogP contribution is -2.40. The van der Waals surface area contributed by atoms with E-state index in [2.05, 4.69) is 58.7 Å². The number of fused-ring (bicyclic) bond motifs is 8. The van der Waals surface area contributed by atoms with Crippen molar-refractivity contribution in [3.63, 3.8) is 0 Å². The zero-order chi connectivity index (χ0) is 32.4. The van der Waals surface area contributed by atoms with Gasteiger partial charge >= 0.3 is 0 Å². The molecule has 248 valence electrons. The number of likely N-dealkylation sites (tertiary alicyclic amines) is 1. The lowest BCUT2D eigenvalue weighted by Gasteiger charge is -2.40. The molecule has 0 unspecified atom stereocenters. The molecule has 2 saturated heterocycles. The summed E-state index contributed by atoms with van der Waals surface area (Å²) in [6, 6.07) is 7.35. The third kappa shape index (κ3) is 6.93. The molecule has 6 nitrogen and oxygen atoms in total. The Hall–Kier alpha value is -3.10. The molecule has 7 rings (SSSR count). The minimum Gasteiger partial charge on any atom is -0.363 e. The second-order valence-corrected chi connectivity index (χ2v) is 14.1. The SMILES string of the molecule is C=C1C(C2CCN(C(C)C)CC2)=Cc2c3nc(C)nc2N1CCCC/C=C/CN1CCC(CC1)C(F)(F)c1cccc(c1)[C@@H](C)N3. The van der Waals surface area contributed by atoms with E-state index >= 15 is 8.78 Å². The number of hydrogen-bond donors (Lipinski definition) is 1. The maximum Gasteiger partial charge on any atom is 0.276 e. The van der Waals surface area contributed by atoms with Crippen LogP contribution in [0.15, 0.2) is 54.3 Å². The fourth-order valence-electron chi connectivity index (χ4n) is 7.75. The molecule has 1 N–H and O–H groups in total. The zero-order valence-corrected chi connectivity index (χ0v) is 28.2. The van der Waals surface area contributed by atoms with Gasteiger partial charge in [-0.3, -0.25) is 4.90 Å². The van der Waals surface area contributed by atoms with Gasteiger partial charge in [0.1, 0.15) is 17.5 Å². The highest BCUT2D eigenvalue weighted by atomic mass is 19.3. The van der Waals surface area contributed by atoms with E-state index < -0.39 is 11.8 Å². The van der Waals surface area contributed by atoms with Crippen LogP contribution in [0.5, 0.6) is 0 Å². The van der Waals surface area contributed by atoms with Gasteiger partial charge in [0, 0.05) is 42.4 Å². The van der Waals surface area contributed by atoms with Crippen LogP contribution in [-0.4, -0.2) is 65.1 Å². The average molecular weight is 631 g/mol. The normalized spacial score (nSPS) is 27.1. The molecule has 5 aliphatic rings. The summed E-state index contributed by atoms with van der Waals surface area (Å²) in [5, 5.41) is 3.64. The van der Waals surface area contributed by atoms with Crippen molar-refractivity contribution in [2.24, 2.45) is 11.8 Å². The van der Waals surface area contributed by atoms with Crippen molar-refractivity contribution in [3.05, 3.63) is 76.8 Å². The molecule has 0 saturated carbocycles. The number of alkyl halides is 2. The van der Waals surface area contributed by atoms with Crippen molar-refractivity contribution in [1.29, 1.82) is 0 Å². The van der Waals surface area contributed by atoms with Gasteiger partial charge in [-0.05, 0) is 128 Å². The first-order valence-electron chi connectivity index (χ1n) is 17.5. The summed E-state index contributed by atoms with van der Waals surface area (Å²) in [4.78, 5) is 17.1. The van der Waals surface area contributed by atoms with Crippen molar-refractivity contribution in [2.45, 2.75) is 90.6 Å². The number of aryl methyl sites for hydroxylation is 1. The predicted octanol–water partition coefficient (Wildman–Crippen LogP) is 8.34. The Morgan fingerprint density at radius 2 is 1.74 bits per heavy atom. The standard InChI is InChI=1S/C38H52F2N6/c1-26(2)45-22-14-30(15-23-45)34-25-35-36-41-27(3)31-12-11-13-33(24-31)38(39,40)32-16-20-44(21-17-32)18-9-7-6-8-10-19-46(28(34)4)37(35)43-29(5)42-36/h7,9,11-13,24-27,30,32H,4,6,8,10,14-23H2,1-3,5H3,(H,41,42,43)/b9-7+/t27-/m1/s1. The number of nitrogens with one attached hydrogen (secondary N) is 1. The van der Waals surface area contributed by atoms with Gasteiger partial charge in [-0.15, -0.1) is 0 Å². The Morgan fingerprint density at radius 3 is 2.48 bits per heavy atom. The summed E-state index contributed by atoms with van der Waals surface area (Å²) < 4.78 is 31.9. The number of aromatic nitrogens is 2. The maximum atomic E-state index is 15.9. The Bertz CT molecular complexity index is 1450. The number of allylic oxidation sites excluding steroid dienone is 2. The van der Waals surface area contributed by atoms with Crippen LogP contribution in [0.2, 0.25) is 0 Å². The van der Waals surface area contributed by atoms with Gasteiger partial charge in [0.05, 0.1) is 5.56 Å². The van der Waals surface area contributed by atoms with E-state index in [1.807, 2.05) is 19.9 Å². The quantitative estimate of drug-likeness (QED) is 0.337. The van der Waals surface area contributed by atoms with E-state index in [0.717, 1.165) is 86.7 Å². The van der Waals surface area contributed by atoms with Crippen LogP contribution in [-0.2, 0) is 5.92 Å². The Kier molecular flexibility index (Phi) is 9.95. The third-order valence-electron chi connectivity index (χ3n) is 10.7. The largest absolute Gasteiger partial charge is 0.363 e. The van der Waals surface area contributed by atoms with Crippen molar-refractivity contribution in [2.75, 3.05) is 49.5 Å². The smallest absolute Gasteiger partial charge is 0.276 e. The number of anilines is 2. The monoisotopic (exact) mass is 630 g/mol. The predicted molar refractivity (Wildman–Crippen MR) is 185 cm³/mol. The molecule has 6 heterocycles. The molecule has 2 aromatic rings. The van der Waals surface area contributed by atoms with E-state index in [1.165, 1.54) is 5.57 Å². The second kappa shape index (κ2) is 13.9. The highest BCUT2D eigenvalue weighted by Crippen LogP contribution is 2.44. The van der Waals surface area contributed by atoms with Crippen LogP contribution in [0.25, 0.3) is 6.08 Å². The topological polar surface area (TPSA) is 47.5 Å². The van der Waals surface area contributed by atoms with Crippen molar-refractivity contribution in [3.8, 4) is 0 Å². The first-order chi connectivity index (χ1) is 22.1. The Labute approximate surface area is 274 Å². The molecule has 0 aliphatic carbocycles. The van der Waals surface area contributed by atoms with Crippen LogP contribution in [0, 0.1) is 18.8 Å². The minimum absolute atomic E-state index is 0.112. The highest BCUT2D eigenvalue weighted by molar-refractivity contribution is 5.83. The molecule has 1 atom stereocenters. The lowest BCUT2D eigenvalue weighted by molar-refractivity contribution is -0.0847. The van der Waals surface area contributed by atoms with Gasteiger partial charge in [0.25, 0.3) is 5.92 Å². The number of piperidine rings is 2. The molecule has 0 spiro atoms. The van der Waals surface area contributed by atoms with Crippen LogP contribution < -0.4 is 10.2 Å². The third-order valence-corrected chi connectivity index (χ3v) is 10.7. The zero-order valence-electron chi connectivity index (χ0n) is 28.2. The molecule has 1 aromatic carbocycles. The summed E-state index contributed by atoms with van der Waals surface area (Å²) in [5.74, 6) is -0.770. The molecule has 2 fully saturated rings. The van der Waals surface area contributed by atoms with E-state index in [0.29, 0.717) is 43.7 Å². The van der Waals surface area contributed by atoms with Gasteiger partial charge in [0.2, 0.25) is 0 Å². The van der Waals surface area contributed by atoms with Gasteiger partial charge in [-0.2, -0.15) is 0 Å². The highest BCUT2D eigenvalue weighted by Gasteiger charge is 2.43. The van der Waals surface area contributed by atoms with Crippen molar-refractivity contribution < 1.29 is 8.78 Å². The first-order valence-corrected chi connectivity index (χ1v) is 17.5. The fourth-order valence-corrected chi connectivity index (χ4v) is 7.75. The minimum atomic E-state index is -2.87. The van der Waals surface area contributed by atoms with Gasteiger partial charge in [0.15, 0.2) is 0 Å². The Balaban J connectivity index is 1.36. The van der Waals surface area contributed by atoms with E-state index in [4.69, 9.17) is 9.97 Å². The van der Waals surface area contributed by atoms with Crippen LogP contribution in [0.4, 0.5) is 20.4 Å². The van der Waals surface area contributed by atoms with Crippen LogP contribution in [0.3, 0.4) is 0 Å². The summed E-state index contributed by atoms with van der Waals surface area (Å²) in [5.41, 5.74) is 4.26. The fraction of sp³-hybridized carbons (Fsp3) is 0.579. The number of hydrogen-bond acceptors (Lipinski definition) is 6. The average Bonchev–Trinajstić information content (AvgIpc) is 3.05. The molecule has 0 radical (unpaired) electrons.